The van der Waals surface area contributed by atoms with Gasteiger partial charge in [0.1, 0.15) is 5.82 Å². The average molecular weight is 461 g/mol. The molecule has 1 fully saturated rings. The molecular weight excluding hydrogens is 431 g/mol. The Hall–Kier alpha value is -3.54. The maximum Gasteiger partial charge on any atom is 0.303 e. The number of pyridine rings is 1. The average Bonchev–Trinajstić information content (AvgIpc) is 2.78. The highest BCUT2D eigenvalue weighted by Crippen LogP contribution is 2.40. The molecule has 1 atom stereocenters. The maximum atomic E-state index is 13.9. The van der Waals surface area contributed by atoms with Gasteiger partial charge in [0.05, 0.1) is 11.6 Å². The lowest BCUT2D eigenvalue weighted by atomic mass is 9.72. The van der Waals surface area contributed by atoms with Gasteiger partial charge in [-0.15, -0.1) is 0 Å². The van der Waals surface area contributed by atoms with Gasteiger partial charge in [-0.25, -0.2) is 4.39 Å². The number of amides is 1. The van der Waals surface area contributed by atoms with E-state index in [1.807, 2.05) is 49.4 Å². The monoisotopic (exact) mass is 460 g/mol. The summed E-state index contributed by atoms with van der Waals surface area (Å²) in [6.45, 7) is 3.54. The van der Waals surface area contributed by atoms with Gasteiger partial charge in [-0.05, 0) is 73.4 Å². The summed E-state index contributed by atoms with van der Waals surface area (Å²) in [7, 11) is 0. The number of carbonyl (C=O) groups is 2. The number of halogens is 1. The van der Waals surface area contributed by atoms with Gasteiger partial charge in [-0.2, -0.15) is 0 Å². The van der Waals surface area contributed by atoms with E-state index in [4.69, 9.17) is 5.11 Å². The lowest BCUT2D eigenvalue weighted by Gasteiger charge is -2.33. The van der Waals surface area contributed by atoms with E-state index in [0.717, 1.165) is 47.2 Å². The Kier molecular flexibility index (Phi) is 7.06. The number of aromatic nitrogens is 1. The van der Waals surface area contributed by atoms with Crippen LogP contribution >= 0.6 is 0 Å². The van der Waals surface area contributed by atoms with Crippen molar-refractivity contribution in [1.82, 2.24) is 4.98 Å². The first-order chi connectivity index (χ1) is 16.3. The zero-order valence-electron chi connectivity index (χ0n) is 19.5. The lowest BCUT2D eigenvalue weighted by Crippen LogP contribution is -2.31. The Morgan fingerprint density at radius 1 is 1.12 bits per heavy atom. The molecule has 2 N–H and O–H groups in total. The number of nitrogens with one attached hydrogen (secondary N) is 1. The van der Waals surface area contributed by atoms with E-state index in [0.29, 0.717) is 17.7 Å². The molecule has 1 saturated carbocycles. The van der Waals surface area contributed by atoms with Crippen LogP contribution in [-0.2, 0) is 16.0 Å². The Labute approximate surface area is 199 Å². The molecule has 2 aromatic carbocycles. The Morgan fingerprint density at radius 3 is 2.47 bits per heavy atom. The van der Waals surface area contributed by atoms with Gasteiger partial charge in [-0.3, -0.25) is 14.6 Å². The van der Waals surface area contributed by atoms with Gasteiger partial charge in [0.2, 0.25) is 5.91 Å². The molecule has 1 aliphatic rings. The number of hydrogen-bond donors (Lipinski definition) is 2. The molecule has 1 amide bonds. The third-order valence-corrected chi connectivity index (χ3v) is 6.84. The molecule has 1 heterocycles. The van der Waals surface area contributed by atoms with Crippen molar-refractivity contribution in [3.05, 3.63) is 82.9 Å². The standard InChI is InChI=1S/C28H29FN2O3/c1-17-19(13-14-26(32)33)5-4-8-25(17)31-28(34)27(21-6-3-7-21)22-11-9-20(10-12-22)23-15-24(29)18(2)30-16-23/h4-5,8-12,15-16,21,27H,3,6-7,13-14H2,1-2H3,(H,31,34)(H,32,33)/t27-/m1/s1. The first kappa shape index (κ1) is 23.6. The third-order valence-electron chi connectivity index (χ3n) is 6.84. The van der Waals surface area contributed by atoms with Crippen LogP contribution in [0.1, 0.15) is 54.0 Å². The number of aryl methyl sites for hydroxylation is 2. The van der Waals surface area contributed by atoms with E-state index < -0.39 is 5.97 Å². The summed E-state index contributed by atoms with van der Waals surface area (Å²) in [5.41, 5.74) is 5.39. The predicted molar refractivity (Wildman–Crippen MR) is 130 cm³/mol. The molecular formula is C28H29FN2O3. The van der Waals surface area contributed by atoms with Gasteiger partial charge < -0.3 is 10.4 Å². The number of anilines is 1. The van der Waals surface area contributed by atoms with Crippen LogP contribution < -0.4 is 5.32 Å². The van der Waals surface area contributed by atoms with Crippen molar-refractivity contribution in [3.8, 4) is 11.1 Å². The summed E-state index contributed by atoms with van der Waals surface area (Å²) in [6.07, 6.45) is 5.26. The van der Waals surface area contributed by atoms with E-state index in [1.165, 1.54) is 6.07 Å². The molecule has 0 radical (unpaired) electrons. The Balaban J connectivity index is 1.56. The summed E-state index contributed by atoms with van der Waals surface area (Å²) in [5.74, 6) is -1.24. The van der Waals surface area contributed by atoms with Crippen LogP contribution in [0.3, 0.4) is 0 Å². The Morgan fingerprint density at radius 2 is 1.85 bits per heavy atom. The minimum absolute atomic E-state index is 0.0513. The maximum absolute atomic E-state index is 13.9. The fraction of sp³-hybridized carbons (Fsp3) is 0.321. The fourth-order valence-electron chi connectivity index (χ4n) is 4.50. The van der Waals surface area contributed by atoms with E-state index >= 15 is 0 Å². The van der Waals surface area contributed by atoms with Crippen molar-refractivity contribution in [1.29, 1.82) is 0 Å². The van der Waals surface area contributed by atoms with Crippen molar-refractivity contribution >= 4 is 17.6 Å². The van der Waals surface area contributed by atoms with Gasteiger partial charge in [0, 0.05) is 23.9 Å². The molecule has 0 bridgehead atoms. The molecule has 176 valence electrons. The second-order valence-corrected chi connectivity index (χ2v) is 9.05. The molecule has 5 nitrogen and oxygen atoms in total. The van der Waals surface area contributed by atoms with Crippen LogP contribution in [0.2, 0.25) is 0 Å². The van der Waals surface area contributed by atoms with Crippen LogP contribution in [0.25, 0.3) is 11.1 Å². The van der Waals surface area contributed by atoms with Gasteiger partial charge in [0.15, 0.2) is 0 Å². The highest BCUT2D eigenvalue weighted by Gasteiger charge is 2.34. The predicted octanol–water partition coefficient (Wildman–Crippen LogP) is 6.04. The molecule has 0 aliphatic heterocycles. The highest BCUT2D eigenvalue weighted by molar-refractivity contribution is 5.97. The van der Waals surface area contributed by atoms with Crippen molar-refractivity contribution in [2.24, 2.45) is 5.92 Å². The molecule has 6 heteroatoms. The highest BCUT2D eigenvalue weighted by atomic mass is 19.1. The van der Waals surface area contributed by atoms with E-state index in [9.17, 15) is 14.0 Å². The van der Waals surface area contributed by atoms with Gasteiger partial charge >= 0.3 is 5.97 Å². The molecule has 0 spiro atoms. The number of aliphatic carboxylic acids is 1. The minimum Gasteiger partial charge on any atom is -0.481 e. The van der Waals surface area contributed by atoms with Crippen LogP contribution in [0, 0.1) is 25.6 Å². The minimum atomic E-state index is -0.841. The number of nitrogens with zero attached hydrogens (tertiary/aromatic N) is 1. The quantitative estimate of drug-likeness (QED) is 0.429. The largest absolute Gasteiger partial charge is 0.481 e. The van der Waals surface area contributed by atoms with Gasteiger partial charge in [-0.1, -0.05) is 42.8 Å². The van der Waals surface area contributed by atoms with Crippen molar-refractivity contribution < 1.29 is 19.1 Å². The van der Waals surface area contributed by atoms with Crippen LogP contribution in [0.5, 0.6) is 0 Å². The molecule has 3 aromatic rings. The topological polar surface area (TPSA) is 79.3 Å². The van der Waals surface area contributed by atoms with Crippen LogP contribution in [-0.4, -0.2) is 22.0 Å². The van der Waals surface area contributed by atoms with Crippen molar-refractivity contribution in [2.45, 2.75) is 51.9 Å². The summed E-state index contributed by atoms with van der Waals surface area (Å²) < 4.78 is 13.9. The molecule has 34 heavy (non-hydrogen) atoms. The SMILES string of the molecule is Cc1ncc(-c2ccc([C@H](C(=O)Nc3cccc(CCC(=O)O)c3C)C3CCC3)cc2)cc1F. The summed E-state index contributed by atoms with van der Waals surface area (Å²) in [6, 6.07) is 14.8. The van der Waals surface area contributed by atoms with E-state index in [2.05, 4.69) is 10.3 Å². The smallest absolute Gasteiger partial charge is 0.303 e. The summed E-state index contributed by atoms with van der Waals surface area (Å²) >= 11 is 0. The number of rotatable bonds is 8. The molecule has 1 aliphatic carbocycles. The fourth-order valence-corrected chi connectivity index (χ4v) is 4.50. The second-order valence-electron chi connectivity index (χ2n) is 9.05. The normalized spacial score (nSPS) is 14.3. The van der Waals surface area contributed by atoms with E-state index in [1.54, 1.807) is 13.1 Å². The van der Waals surface area contributed by atoms with Crippen molar-refractivity contribution in [3.63, 3.8) is 0 Å². The van der Waals surface area contributed by atoms with Gasteiger partial charge in [0.25, 0.3) is 0 Å². The number of benzene rings is 2. The van der Waals surface area contributed by atoms with Crippen LogP contribution in [0.4, 0.5) is 10.1 Å². The number of hydrogen-bond acceptors (Lipinski definition) is 3. The molecule has 0 unspecified atom stereocenters. The van der Waals surface area contributed by atoms with Crippen LogP contribution in [0.15, 0.2) is 54.7 Å². The lowest BCUT2D eigenvalue weighted by molar-refractivity contribution is -0.137. The summed E-state index contributed by atoms with van der Waals surface area (Å²) in [4.78, 5) is 28.5. The molecule has 0 saturated heterocycles. The zero-order chi connectivity index (χ0) is 24.2. The number of carboxylic acids is 1. The molecule has 1 aromatic heterocycles. The van der Waals surface area contributed by atoms with E-state index in [-0.39, 0.29) is 30.0 Å². The molecule has 4 rings (SSSR count). The first-order valence-corrected chi connectivity index (χ1v) is 11.7. The number of carbonyl (C=O) groups excluding carboxylic acids is 1. The summed E-state index contributed by atoms with van der Waals surface area (Å²) in [5, 5.41) is 12.1. The van der Waals surface area contributed by atoms with Crippen molar-refractivity contribution in [2.75, 3.05) is 5.32 Å². The zero-order valence-corrected chi connectivity index (χ0v) is 19.5. The third kappa shape index (κ3) is 5.16. The first-order valence-electron chi connectivity index (χ1n) is 11.7. The second kappa shape index (κ2) is 10.2. The Bertz CT molecular complexity index is 1200. The number of carboxylic acid groups (broad SMARTS) is 1.